The van der Waals surface area contributed by atoms with Crippen molar-refractivity contribution in [2.45, 2.75) is 33.2 Å². The number of rotatable bonds is 6. The van der Waals surface area contributed by atoms with Crippen molar-refractivity contribution in [3.63, 3.8) is 0 Å². The van der Waals surface area contributed by atoms with Gasteiger partial charge in [-0.3, -0.25) is 9.89 Å². The number of hydrogen-bond acceptors (Lipinski definition) is 3. The van der Waals surface area contributed by atoms with Crippen LogP contribution in [0.15, 0.2) is 12.4 Å². The van der Waals surface area contributed by atoms with E-state index in [0.29, 0.717) is 19.4 Å². The summed E-state index contributed by atoms with van der Waals surface area (Å²) in [5.41, 5.74) is 5.88. The zero-order valence-electron chi connectivity index (χ0n) is 10.1. The highest BCUT2D eigenvalue weighted by Crippen LogP contribution is 2.27. The number of H-pyrrole nitrogens is 1. The number of carbonyl (C=O) groups is 1. The Balaban J connectivity index is 2.69. The second kappa shape index (κ2) is 5.77. The molecule has 0 aliphatic carbocycles. The first-order valence-corrected chi connectivity index (χ1v) is 6.03. The molecule has 1 aromatic heterocycles. The SMILES string of the molecule is CCC(CC)(C(=O)NCc1cn[nH]c1)C(N)=S. The number of nitrogens with two attached hydrogens (primary N) is 1. The number of hydrogen-bond donors (Lipinski definition) is 3. The number of nitrogens with zero attached hydrogens (tertiary/aromatic N) is 1. The zero-order chi connectivity index (χ0) is 12.9. The van der Waals surface area contributed by atoms with Crippen molar-refractivity contribution in [3.8, 4) is 0 Å². The Morgan fingerprint density at radius 3 is 2.65 bits per heavy atom. The minimum Gasteiger partial charge on any atom is -0.392 e. The van der Waals surface area contributed by atoms with Gasteiger partial charge < -0.3 is 11.1 Å². The van der Waals surface area contributed by atoms with Gasteiger partial charge in [-0.05, 0) is 12.8 Å². The summed E-state index contributed by atoms with van der Waals surface area (Å²) in [6.45, 7) is 4.26. The molecule has 5 nitrogen and oxygen atoms in total. The van der Waals surface area contributed by atoms with E-state index >= 15 is 0 Å². The predicted octanol–water partition coefficient (Wildman–Crippen LogP) is 1.12. The van der Waals surface area contributed by atoms with Crippen molar-refractivity contribution in [3.05, 3.63) is 18.0 Å². The van der Waals surface area contributed by atoms with E-state index in [1.54, 1.807) is 12.4 Å². The van der Waals surface area contributed by atoms with Gasteiger partial charge in [0.15, 0.2) is 0 Å². The largest absolute Gasteiger partial charge is 0.392 e. The molecule has 6 heteroatoms. The fourth-order valence-corrected chi connectivity index (χ4v) is 2.14. The van der Waals surface area contributed by atoms with Gasteiger partial charge in [0.05, 0.1) is 16.6 Å². The number of aromatic amines is 1. The number of amides is 1. The van der Waals surface area contributed by atoms with Gasteiger partial charge in [-0.15, -0.1) is 0 Å². The van der Waals surface area contributed by atoms with Gasteiger partial charge in [0.1, 0.15) is 0 Å². The lowest BCUT2D eigenvalue weighted by atomic mass is 9.81. The summed E-state index contributed by atoms with van der Waals surface area (Å²) in [6.07, 6.45) is 4.62. The van der Waals surface area contributed by atoms with Crippen LogP contribution >= 0.6 is 12.2 Å². The van der Waals surface area contributed by atoms with Gasteiger partial charge in [0.25, 0.3) is 0 Å². The van der Waals surface area contributed by atoms with E-state index in [9.17, 15) is 4.79 Å². The van der Waals surface area contributed by atoms with Crippen molar-refractivity contribution < 1.29 is 4.79 Å². The van der Waals surface area contributed by atoms with E-state index in [0.717, 1.165) is 5.56 Å². The zero-order valence-corrected chi connectivity index (χ0v) is 10.9. The molecular formula is C11H18N4OS. The molecule has 0 saturated heterocycles. The van der Waals surface area contributed by atoms with Crippen LogP contribution in [0.3, 0.4) is 0 Å². The average molecular weight is 254 g/mol. The average Bonchev–Trinajstić information content (AvgIpc) is 2.81. The van der Waals surface area contributed by atoms with Crippen LogP contribution in [-0.4, -0.2) is 21.1 Å². The van der Waals surface area contributed by atoms with Crippen molar-refractivity contribution in [2.24, 2.45) is 11.1 Å². The molecule has 1 heterocycles. The second-order valence-corrected chi connectivity index (χ2v) is 4.38. The predicted molar refractivity (Wildman–Crippen MR) is 70.2 cm³/mol. The molecule has 0 aliphatic rings. The third-order valence-corrected chi connectivity index (χ3v) is 3.51. The number of aromatic nitrogens is 2. The van der Waals surface area contributed by atoms with Crippen molar-refractivity contribution in [2.75, 3.05) is 0 Å². The number of thiocarbonyl (C=S) groups is 1. The van der Waals surface area contributed by atoms with Gasteiger partial charge in [-0.1, -0.05) is 26.1 Å². The van der Waals surface area contributed by atoms with E-state index in [-0.39, 0.29) is 10.9 Å². The summed E-state index contributed by atoms with van der Waals surface area (Å²) in [5.74, 6) is -0.115. The van der Waals surface area contributed by atoms with Gasteiger partial charge in [-0.25, -0.2) is 0 Å². The van der Waals surface area contributed by atoms with Gasteiger partial charge in [0.2, 0.25) is 5.91 Å². The maximum Gasteiger partial charge on any atom is 0.233 e. The van der Waals surface area contributed by atoms with Crippen LogP contribution in [0.2, 0.25) is 0 Å². The third-order valence-electron chi connectivity index (χ3n) is 3.12. The Morgan fingerprint density at radius 2 is 2.24 bits per heavy atom. The Kier molecular flexibility index (Phi) is 4.62. The molecule has 1 amide bonds. The first-order valence-electron chi connectivity index (χ1n) is 5.62. The van der Waals surface area contributed by atoms with Crippen molar-refractivity contribution in [1.82, 2.24) is 15.5 Å². The van der Waals surface area contributed by atoms with E-state index in [1.807, 2.05) is 13.8 Å². The van der Waals surface area contributed by atoms with Crippen LogP contribution in [-0.2, 0) is 11.3 Å². The normalized spacial score (nSPS) is 11.2. The first kappa shape index (κ1) is 13.6. The topological polar surface area (TPSA) is 83.8 Å². The van der Waals surface area contributed by atoms with Crippen LogP contribution in [0.1, 0.15) is 32.3 Å². The van der Waals surface area contributed by atoms with E-state index < -0.39 is 5.41 Å². The molecule has 0 radical (unpaired) electrons. The van der Waals surface area contributed by atoms with Crippen LogP contribution in [0.4, 0.5) is 0 Å². The lowest BCUT2D eigenvalue weighted by Gasteiger charge is -2.28. The standard InChI is InChI=1S/C11H18N4OS/c1-3-11(4-2,9(12)17)10(16)13-5-8-6-14-15-7-8/h6-7H,3-5H2,1-2H3,(H2,12,17)(H,13,16)(H,14,15). The fourth-order valence-electron chi connectivity index (χ4n) is 1.76. The molecule has 17 heavy (non-hydrogen) atoms. The minimum atomic E-state index is -0.737. The maximum absolute atomic E-state index is 12.2. The molecule has 0 bridgehead atoms. The molecule has 1 rings (SSSR count). The quantitative estimate of drug-likeness (QED) is 0.664. The molecule has 0 aliphatic heterocycles. The number of nitrogens with one attached hydrogen (secondary N) is 2. The Bertz CT molecular complexity index is 384. The van der Waals surface area contributed by atoms with Crippen molar-refractivity contribution in [1.29, 1.82) is 0 Å². The van der Waals surface area contributed by atoms with Gasteiger partial charge in [0, 0.05) is 18.3 Å². The van der Waals surface area contributed by atoms with E-state index in [2.05, 4.69) is 15.5 Å². The highest BCUT2D eigenvalue weighted by Gasteiger charge is 2.37. The van der Waals surface area contributed by atoms with E-state index in [4.69, 9.17) is 18.0 Å². The molecule has 4 N–H and O–H groups in total. The molecule has 0 aromatic carbocycles. The fraction of sp³-hybridized carbons (Fsp3) is 0.545. The highest BCUT2D eigenvalue weighted by molar-refractivity contribution is 7.80. The summed E-state index contributed by atoms with van der Waals surface area (Å²) in [4.78, 5) is 12.4. The molecule has 0 saturated carbocycles. The molecule has 0 atom stereocenters. The summed E-state index contributed by atoms with van der Waals surface area (Å²) < 4.78 is 0. The van der Waals surface area contributed by atoms with Crippen LogP contribution in [0, 0.1) is 5.41 Å². The smallest absolute Gasteiger partial charge is 0.233 e. The maximum atomic E-state index is 12.2. The Hall–Kier alpha value is -1.43. The molecule has 94 valence electrons. The molecular weight excluding hydrogens is 236 g/mol. The molecule has 1 aromatic rings. The monoisotopic (exact) mass is 254 g/mol. The molecule has 0 unspecified atom stereocenters. The summed E-state index contributed by atoms with van der Waals surface area (Å²) in [5, 5.41) is 9.34. The summed E-state index contributed by atoms with van der Waals surface area (Å²) in [7, 11) is 0. The van der Waals surface area contributed by atoms with Gasteiger partial charge >= 0.3 is 0 Å². The Morgan fingerprint density at radius 1 is 1.59 bits per heavy atom. The summed E-state index contributed by atoms with van der Waals surface area (Å²) in [6, 6.07) is 0. The van der Waals surface area contributed by atoms with Crippen LogP contribution in [0.5, 0.6) is 0 Å². The Labute approximate surface area is 106 Å². The highest BCUT2D eigenvalue weighted by atomic mass is 32.1. The lowest BCUT2D eigenvalue weighted by Crippen LogP contribution is -2.48. The van der Waals surface area contributed by atoms with Crippen LogP contribution in [0.25, 0.3) is 0 Å². The second-order valence-electron chi connectivity index (χ2n) is 3.94. The molecule has 0 spiro atoms. The lowest BCUT2D eigenvalue weighted by molar-refractivity contribution is -0.128. The molecule has 0 fully saturated rings. The third kappa shape index (κ3) is 2.82. The first-order chi connectivity index (χ1) is 8.06. The van der Waals surface area contributed by atoms with Gasteiger partial charge in [-0.2, -0.15) is 5.10 Å². The van der Waals surface area contributed by atoms with E-state index in [1.165, 1.54) is 0 Å². The van der Waals surface area contributed by atoms with Crippen molar-refractivity contribution >= 4 is 23.1 Å². The van der Waals surface area contributed by atoms with Crippen LogP contribution < -0.4 is 11.1 Å². The summed E-state index contributed by atoms with van der Waals surface area (Å²) >= 11 is 5.02. The minimum absolute atomic E-state index is 0.115. The number of carbonyl (C=O) groups excluding carboxylic acids is 1.